The molecule has 4 rings (SSSR count). The molecular weight excluding hydrogens is 382 g/mol. The number of aryl methyl sites for hydroxylation is 1. The first-order valence-electron chi connectivity index (χ1n) is 8.07. The molecule has 1 aromatic heterocycles. The lowest BCUT2D eigenvalue weighted by Crippen LogP contribution is -2.33. The van der Waals surface area contributed by atoms with Crippen LogP contribution < -0.4 is 4.90 Å². The van der Waals surface area contributed by atoms with Crippen molar-refractivity contribution in [2.45, 2.75) is 12.8 Å². The lowest BCUT2D eigenvalue weighted by Gasteiger charge is -2.14. The Hall–Kier alpha value is -2.47. The van der Waals surface area contributed by atoms with Gasteiger partial charge < -0.3 is 4.57 Å². The third-order valence-electron chi connectivity index (χ3n) is 4.60. The molecule has 1 fully saturated rings. The molecule has 0 aliphatic carbocycles. The number of halogens is 1. The molecule has 1 saturated heterocycles. The fraction of sp³-hybridized carbons (Fsp3) is 0.211. The van der Waals surface area contributed by atoms with E-state index in [4.69, 9.17) is 0 Å². The standard InChI is InChI=1S/C19H16BrN3O2/c1-22-16-5-3-2-4-15(16)21-19(22)23-17(24)11-13(18(23)25)10-12-6-8-14(20)9-7-12/h2-9,13H,10-11H2,1H3. The molecule has 2 aromatic carbocycles. The van der Waals surface area contributed by atoms with E-state index in [1.165, 1.54) is 4.90 Å². The summed E-state index contributed by atoms with van der Waals surface area (Å²) in [7, 11) is 1.83. The fourth-order valence-electron chi connectivity index (χ4n) is 3.30. The minimum Gasteiger partial charge on any atom is -0.312 e. The number of rotatable bonds is 3. The van der Waals surface area contributed by atoms with Crippen molar-refractivity contribution >= 4 is 44.7 Å². The van der Waals surface area contributed by atoms with Gasteiger partial charge in [0.25, 0.3) is 0 Å². The Balaban J connectivity index is 1.64. The maximum atomic E-state index is 12.9. The fourth-order valence-corrected chi connectivity index (χ4v) is 3.57. The zero-order chi connectivity index (χ0) is 17.6. The smallest absolute Gasteiger partial charge is 0.240 e. The summed E-state index contributed by atoms with van der Waals surface area (Å²) in [6.45, 7) is 0. The van der Waals surface area contributed by atoms with Gasteiger partial charge in [-0.1, -0.05) is 40.2 Å². The highest BCUT2D eigenvalue weighted by Gasteiger charge is 2.41. The van der Waals surface area contributed by atoms with E-state index in [9.17, 15) is 9.59 Å². The number of carbonyl (C=O) groups excluding carboxylic acids is 2. The predicted molar refractivity (Wildman–Crippen MR) is 99.2 cm³/mol. The van der Waals surface area contributed by atoms with Gasteiger partial charge in [-0.15, -0.1) is 0 Å². The number of amides is 2. The second-order valence-electron chi connectivity index (χ2n) is 6.26. The first-order chi connectivity index (χ1) is 12.0. The van der Waals surface area contributed by atoms with Gasteiger partial charge in [0.05, 0.1) is 17.0 Å². The van der Waals surface area contributed by atoms with Crippen LogP contribution in [0.4, 0.5) is 5.95 Å². The van der Waals surface area contributed by atoms with E-state index in [0.29, 0.717) is 12.4 Å². The number of imide groups is 1. The molecule has 0 spiro atoms. The number of aromatic nitrogens is 2. The number of anilines is 1. The zero-order valence-electron chi connectivity index (χ0n) is 13.6. The van der Waals surface area contributed by atoms with Crippen molar-refractivity contribution in [1.29, 1.82) is 0 Å². The number of fused-ring (bicyclic) bond motifs is 1. The molecule has 2 heterocycles. The van der Waals surface area contributed by atoms with Crippen molar-refractivity contribution in [2.24, 2.45) is 13.0 Å². The van der Waals surface area contributed by atoms with Crippen molar-refractivity contribution in [3.63, 3.8) is 0 Å². The second-order valence-corrected chi connectivity index (χ2v) is 7.17. The Kier molecular flexibility index (Phi) is 3.92. The van der Waals surface area contributed by atoms with Crippen LogP contribution in [0.5, 0.6) is 0 Å². The van der Waals surface area contributed by atoms with E-state index in [1.807, 2.05) is 55.6 Å². The Morgan fingerprint density at radius 3 is 2.56 bits per heavy atom. The summed E-state index contributed by atoms with van der Waals surface area (Å²) in [5.41, 5.74) is 2.72. The molecule has 0 saturated carbocycles. The maximum absolute atomic E-state index is 12.9. The number of carbonyl (C=O) groups is 2. The zero-order valence-corrected chi connectivity index (χ0v) is 15.2. The molecule has 0 radical (unpaired) electrons. The third kappa shape index (κ3) is 2.76. The highest BCUT2D eigenvalue weighted by Crippen LogP contribution is 2.30. The minimum atomic E-state index is -0.339. The van der Waals surface area contributed by atoms with E-state index in [-0.39, 0.29) is 24.2 Å². The lowest BCUT2D eigenvalue weighted by atomic mass is 9.98. The molecule has 2 amide bonds. The number of hydrogen-bond acceptors (Lipinski definition) is 3. The van der Waals surface area contributed by atoms with Crippen molar-refractivity contribution in [3.8, 4) is 0 Å². The van der Waals surface area contributed by atoms with Crippen LogP contribution in [0.3, 0.4) is 0 Å². The number of para-hydroxylation sites is 2. The normalized spacial score (nSPS) is 17.7. The van der Waals surface area contributed by atoms with Crippen LogP contribution >= 0.6 is 15.9 Å². The third-order valence-corrected chi connectivity index (χ3v) is 5.13. The van der Waals surface area contributed by atoms with Gasteiger partial charge >= 0.3 is 0 Å². The van der Waals surface area contributed by atoms with Gasteiger partial charge in [-0.05, 0) is 36.2 Å². The summed E-state index contributed by atoms with van der Waals surface area (Å²) in [5.74, 6) is -0.306. The summed E-state index contributed by atoms with van der Waals surface area (Å²) in [6.07, 6.45) is 0.774. The monoisotopic (exact) mass is 397 g/mol. The van der Waals surface area contributed by atoms with Crippen LogP contribution in [0.25, 0.3) is 11.0 Å². The van der Waals surface area contributed by atoms with Crippen molar-refractivity contribution in [2.75, 3.05) is 4.90 Å². The molecule has 6 heteroatoms. The largest absolute Gasteiger partial charge is 0.312 e. The number of nitrogens with zero attached hydrogens (tertiary/aromatic N) is 3. The molecule has 0 bridgehead atoms. The molecule has 3 aromatic rings. The molecule has 1 aliphatic rings. The molecule has 1 unspecified atom stereocenters. The maximum Gasteiger partial charge on any atom is 0.240 e. The van der Waals surface area contributed by atoms with Crippen LogP contribution in [0.1, 0.15) is 12.0 Å². The Morgan fingerprint density at radius 1 is 1.12 bits per heavy atom. The molecular formula is C19H16BrN3O2. The topological polar surface area (TPSA) is 55.2 Å². The Morgan fingerprint density at radius 2 is 1.84 bits per heavy atom. The highest BCUT2D eigenvalue weighted by atomic mass is 79.9. The summed E-state index contributed by atoms with van der Waals surface area (Å²) in [6, 6.07) is 15.4. The minimum absolute atomic E-state index is 0.175. The first-order valence-corrected chi connectivity index (χ1v) is 8.86. The Labute approximate surface area is 153 Å². The van der Waals surface area contributed by atoms with Gasteiger partial charge in [-0.2, -0.15) is 0 Å². The summed E-state index contributed by atoms with van der Waals surface area (Å²) in [5, 5.41) is 0. The number of imidazole rings is 1. The summed E-state index contributed by atoms with van der Waals surface area (Å²) < 4.78 is 2.79. The van der Waals surface area contributed by atoms with Gasteiger partial charge in [-0.25, -0.2) is 9.88 Å². The van der Waals surface area contributed by atoms with Gasteiger partial charge in [-0.3, -0.25) is 9.59 Å². The average molecular weight is 398 g/mol. The van der Waals surface area contributed by atoms with Gasteiger partial charge in [0.2, 0.25) is 17.8 Å². The summed E-state index contributed by atoms with van der Waals surface area (Å²) in [4.78, 5) is 31.1. The van der Waals surface area contributed by atoms with Crippen LogP contribution in [0, 0.1) is 5.92 Å². The van der Waals surface area contributed by atoms with Gasteiger partial charge in [0.1, 0.15) is 0 Å². The molecule has 126 valence electrons. The van der Waals surface area contributed by atoms with Crippen molar-refractivity contribution in [3.05, 3.63) is 58.6 Å². The quantitative estimate of drug-likeness (QED) is 0.635. The Bertz CT molecular complexity index is 978. The van der Waals surface area contributed by atoms with Crippen LogP contribution in [0.2, 0.25) is 0 Å². The molecule has 1 atom stereocenters. The van der Waals surface area contributed by atoms with E-state index in [2.05, 4.69) is 20.9 Å². The number of benzene rings is 2. The van der Waals surface area contributed by atoms with Gasteiger partial charge in [0, 0.05) is 17.9 Å². The summed E-state index contributed by atoms with van der Waals surface area (Å²) >= 11 is 3.40. The highest BCUT2D eigenvalue weighted by molar-refractivity contribution is 9.10. The molecule has 25 heavy (non-hydrogen) atoms. The van der Waals surface area contributed by atoms with E-state index >= 15 is 0 Å². The van der Waals surface area contributed by atoms with Crippen LogP contribution in [-0.2, 0) is 23.1 Å². The van der Waals surface area contributed by atoms with E-state index in [0.717, 1.165) is 21.1 Å². The van der Waals surface area contributed by atoms with Crippen molar-refractivity contribution < 1.29 is 9.59 Å². The number of hydrogen-bond donors (Lipinski definition) is 0. The van der Waals surface area contributed by atoms with Gasteiger partial charge in [0.15, 0.2) is 0 Å². The van der Waals surface area contributed by atoms with Crippen LogP contribution in [-0.4, -0.2) is 21.4 Å². The second kappa shape index (κ2) is 6.11. The van der Waals surface area contributed by atoms with E-state index in [1.54, 1.807) is 4.57 Å². The van der Waals surface area contributed by atoms with E-state index < -0.39 is 0 Å². The molecule has 0 N–H and O–H groups in total. The lowest BCUT2D eigenvalue weighted by molar-refractivity contribution is -0.122. The van der Waals surface area contributed by atoms with Crippen LogP contribution in [0.15, 0.2) is 53.0 Å². The van der Waals surface area contributed by atoms with Crippen molar-refractivity contribution in [1.82, 2.24) is 9.55 Å². The first kappa shape index (κ1) is 16.0. The molecule has 1 aliphatic heterocycles. The SMILES string of the molecule is Cn1c(N2C(=O)CC(Cc3ccc(Br)cc3)C2=O)nc2ccccc21. The molecule has 5 nitrogen and oxygen atoms in total. The average Bonchev–Trinajstić information content (AvgIpc) is 3.07. The predicted octanol–water partition coefficient (Wildman–Crippen LogP) is 3.46.